The maximum atomic E-state index is 12.7. The Kier molecular flexibility index (Phi) is 2.87. The van der Waals surface area contributed by atoms with Crippen LogP contribution in [-0.4, -0.2) is 17.2 Å². The molecule has 0 fully saturated rings. The van der Waals surface area contributed by atoms with Gasteiger partial charge in [-0.1, -0.05) is 50.2 Å². The number of benzene rings is 2. The van der Waals surface area contributed by atoms with Crippen molar-refractivity contribution < 1.29 is 9.90 Å². The molecule has 3 nitrogen and oxygen atoms in total. The lowest BCUT2D eigenvalue weighted by Gasteiger charge is -2.28. The molecule has 1 atom stereocenters. The molecule has 0 saturated carbocycles. The number of para-hydroxylation sites is 1. The summed E-state index contributed by atoms with van der Waals surface area (Å²) < 4.78 is 0. The lowest BCUT2D eigenvalue weighted by Crippen LogP contribution is -2.44. The number of aliphatic hydroxyl groups excluding tert-OH is 1. The van der Waals surface area contributed by atoms with Crippen LogP contribution in [0.1, 0.15) is 29.8 Å². The smallest absolute Gasteiger partial charge is 0.260 e. The van der Waals surface area contributed by atoms with Crippen LogP contribution in [0.4, 0.5) is 5.69 Å². The molecule has 1 unspecified atom stereocenters. The summed E-state index contributed by atoms with van der Waals surface area (Å²) in [5.41, 5.74) is 1.90. The number of hydrogen-bond donors (Lipinski definition) is 1. The second-order valence-electron chi connectivity index (χ2n) is 5.65. The van der Waals surface area contributed by atoms with Gasteiger partial charge < -0.3 is 5.11 Å². The number of amides is 1. The summed E-state index contributed by atoms with van der Waals surface area (Å²) in [6.45, 7) is 3.91. The third-order valence-electron chi connectivity index (χ3n) is 3.99. The Hall–Kier alpha value is -2.13. The highest BCUT2D eigenvalue weighted by Gasteiger charge is 2.46. The molecule has 2 aromatic rings. The summed E-state index contributed by atoms with van der Waals surface area (Å²) in [4.78, 5) is 14.2. The molecular weight excluding hydrogens is 250 g/mol. The van der Waals surface area contributed by atoms with Crippen LogP contribution in [0.3, 0.4) is 0 Å². The predicted octanol–water partition coefficient (Wildman–Crippen LogP) is 2.94. The van der Waals surface area contributed by atoms with Crippen LogP contribution in [0.15, 0.2) is 54.6 Å². The number of rotatable bonds is 1. The Balaban J connectivity index is 2.09. The Morgan fingerprint density at radius 2 is 1.65 bits per heavy atom. The minimum Gasteiger partial charge on any atom is -0.372 e. The number of anilines is 1. The number of aliphatic hydroxyl groups is 1. The highest BCUT2D eigenvalue weighted by Crippen LogP contribution is 2.44. The van der Waals surface area contributed by atoms with Crippen LogP contribution < -0.4 is 4.90 Å². The summed E-state index contributed by atoms with van der Waals surface area (Å²) in [5, 5.41) is 10.6. The molecule has 1 heterocycles. The Morgan fingerprint density at radius 1 is 1.05 bits per heavy atom. The average Bonchev–Trinajstić information content (AvgIpc) is 2.67. The van der Waals surface area contributed by atoms with Crippen molar-refractivity contribution in [1.29, 1.82) is 0 Å². The van der Waals surface area contributed by atoms with Gasteiger partial charge in [0, 0.05) is 11.0 Å². The van der Waals surface area contributed by atoms with Gasteiger partial charge in [-0.15, -0.1) is 0 Å². The summed E-state index contributed by atoms with van der Waals surface area (Å²) in [7, 11) is 0. The summed E-state index contributed by atoms with van der Waals surface area (Å²) in [5.74, 6) is -0.170. The van der Waals surface area contributed by atoms with E-state index in [4.69, 9.17) is 0 Å². The highest BCUT2D eigenvalue weighted by atomic mass is 16.3. The number of nitrogens with zero attached hydrogens (tertiary/aromatic N) is 1. The van der Waals surface area contributed by atoms with Crippen molar-refractivity contribution in [3.05, 3.63) is 65.7 Å². The molecule has 3 heteroatoms. The van der Waals surface area contributed by atoms with E-state index in [1.807, 2.05) is 56.3 Å². The topological polar surface area (TPSA) is 40.5 Å². The zero-order chi connectivity index (χ0) is 14.3. The minimum absolute atomic E-state index is 0.170. The van der Waals surface area contributed by atoms with Gasteiger partial charge in [-0.05, 0) is 23.8 Å². The Labute approximate surface area is 118 Å². The first kappa shape index (κ1) is 12.9. The van der Waals surface area contributed by atoms with Crippen LogP contribution in [0.2, 0.25) is 0 Å². The third kappa shape index (κ3) is 1.74. The SMILES string of the molecule is CC1(C)c2ccccc2N(C(=O)c2ccccc2)C1O. The van der Waals surface area contributed by atoms with Crippen molar-refractivity contribution in [2.45, 2.75) is 25.5 Å². The van der Waals surface area contributed by atoms with Crippen LogP contribution in [0.5, 0.6) is 0 Å². The van der Waals surface area contributed by atoms with Crippen LogP contribution in [0, 0.1) is 0 Å². The Bertz CT molecular complexity index is 649. The van der Waals surface area contributed by atoms with Crippen LogP contribution in [-0.2, 0) is 5.41 Å². The van der Waals surface area contributed by atoms with E-state index in [9.17, 15) is 9.90 Å². The minimum atomic E-state index is -0.854. The van der Waals surface area contributed by atoms with Crippen molar-refractivity contribution >= 4 is 11.6 Å². The molecule has 1 aliphatic heterocycles. The number of hydrogen-bond acceptors (Lipinski definition) is 2. The second kappa shape index (κ2) is 4.46. The molecule has 1 aliphatic rings. The molecule has 0 aromatic heterocycles. The maximum Gasteiger partial charge on any atom is 0.260 e. The molecule has 0 bridgehead atoms. The standard InChI is InChI=1S/C17H17NO2/c1-17(2)13-10-6-7-11-14(13)18(16(17)20)15(19)12-8-4-3-5-9-12/h3-11,16,20H,1-2H3. The summed E-state index contributed by atoms with van der Waals surface area (Å²) in [6.07, 6.45) is -0.854. The molecule has 102 valence electrons. The van der Waals surface area contributed by atoms with E-state index in [0.717, 1.165) is 11.3 Å². The van der Waals surface area contributed by atoms with Gasteiger partial charge in [0.2, 0.25) is 0 Å². The molecule has 0 saturated heterocycles. The second-order valence-corrected chi connectivity index (χ2v) is 5.65. The van der Waals surface area contributed by atoms with Gasteiger partial charge in [-0.25, -0.2) is 0 Å². The van der Waals surface area contributed by atoms with Crippen LogP contribution in [0.25, 0.3) is 0 Å². The Morgan fingerprint density at radius 3 is 2.35 bits per heavy atom. The first-order valence-electron chi connectivity index (χ1n) is 6.69. The fourth-order valence-corrected chi connectivity index (χ4v) is 2.76. The van der Waals surface area contributed by atoms with Crippen molar-refractivity contribution in [2.75, 3.05) is 4.90 Å². The van der Waals surface area contributed by atoms with Gasteiger partial charge in [-0.2, -0.15) is 0 Å². The van der Waals surface area contributed by atoms with Gasteiger partial charge in [0.05, 0.1) is 5.69 Å². The first-order chi connectivity index (χ1) is 9.53. The fourth-order valence-electron chi connectivity index (χ4n) is 2.76. The van der Waals surface area contributed by atoms with Crippen LogP contribution >= 0.6 is 0 Å². The normalized spacial score (nSPS) is 19.8. The molecule has 1 amide bonds. The number of fused-ring (bicyclic) bond motifs is 1. The van der Waals surface area contributed by atoms with Crippen molar-refractivity contribution in [3.63, 3.8) is 0 Å². The largest absolute Gasteiger partial charge is 0.372 e. The van der Waals surface area contributed by atoms with Crippen molar-refractivity contribution in [2.24, 2.45) is 0 Å². The fraction of sp³-hybridized carbons (Fsp3) is 0.235. The van der Waals surface area contributed by atoms with E-state index in [-0.39, 0.29) is 5.91 Å². The van der Waals surface area contributed by atoms with E-state index in [1.165, 1.54) is 4.90 Å². The van der Waals surface area contributed by atoms with Gasteiger partial charge in [-0.3, -0.25) is 9.69 Å². The molecule has 2 aromatic carbocycles. The lowest BCUT2D eigenvalue weighted by molar-refractivity contribution is 0.0780. The molecule has 0 aliphatic carbocycles. The summed E-state index contributed by atoms with van der Waals surface area (Å²) >= 11 is 0. The van der Waals surface area contributed by atoms with Gasteiger partial charge in [0.15, 0.2) is 0 Å². The maximum absolute atomic E-state index is 12.7. The zero-order valence-electron chi connectivity index (χ0n) is 11.6. The van der Waals surface area contributed by atoms with Crippen molar-refractivity contribution in [1.82, 2.24) is 0 Å². The monoisotopic (exact) mass is 267 g/mol. The number of carbonyl (C=O) groups excluding carboxylic acids is 1. The third-order valence-corrected chi connectivity index (χ3v) is 3.99. The van der Waals surface area contributed by atoms with Gasteiger partial charge in [0.1, 0.15) is 6.23 Å². The van der Waals surface area contributed by atoms with E-state index in [1.54, 1.807) is 12.1 Å². The quantitative estimate of drug-likeness (QED) is 0.863. The summed E-state index contributed by atoms with van der Waals surface area (Å²) in [6, 6.07) is 16.7. The van der Waals surface area contributed by atoms with E-state index in [0.29, 0.717) is 5.56 Å². The van der Waals surface area contributed by atoms with E-state index >= 15 is 0 Å². The number of carbonyl (C=O) groups is 1. The van der Waals surface area contributed by atoms with E-state index in [2.05, 4.69) is 0 Å². The zero-order valence-corrected chi connectivity index (χ0v) is 11.6. The molecule has 20 heavy (non-hydrogen) atoms. The lowest BCUT2D eigenvalue weighted by atomic mass is 9.85. The molecule has 0 radical (unpaired) electrons. The predicted molar refractivity (Wildman–Crippen MR) is 78.7 cm³/mol. The highest BCUT2D eigenvalue weighted by molar-refractivity contribution is 6.08. The molecule has 0 spiro atoms. The molecular formula is C17H17NO2. The van der Waals surface area contributed by atoms with Gasteiger partial charge >= 0.3 is 0 Å². The molecule has 3 rings (SSSR count). The van der Waals surface area contributed by atoms with E-state index < -0.39 is 11.6 Å². The first-order valence-corrected chi connectivity index (χ1v) is 6.69. The van der Waals surface area contributed by atoms with Crippen molar-refractivity contribution in [3.8, 4) is 0 Å². The van der Waals surface area contributed by atoms with Gasteiger partial charge in [0.25, 0.3) is 5.91 Å². The molecule has 1 N–H and O–H groups in total. The average molecular weight is 267 g/mol.